The highest BCUT2D eigenvalue weighted by Crippen LogP contribution is 2.41. The van der Waals surface area contributed by atoms with E-state index in [2.05, 4.69) is 17.1 Å². The third-order valence-electron chi connectivity index (χ3n) is 2.85. The van der Waals surface area contributed by atoms with E-state index in [1.54, 1.807) is 7.11 Å². The smallest absolute Gasteiger partial charge is 0.243 e. The van der Waals surface area contributed by atoms with Crippen LogP contribution < -0.4 is 5.73 Å². The molecule has 0 bridgehead atoms. The van der Waals surface area contributed by atoms with Crippen LogP contribution in [-0.4, -0.2) is 40.6 Å². The molecule has 18 heavy (non-hydrogen) atoms. The molecular weight excluding hydrogens is 270 g/mol. The lowest BCUT2D eigenvalue weighted by Crippen LogP contribution is -2.17. The zero-order chi connectivity index (χ0) is 13.0. The fraction of sp³-hybridized carbons (Fsp3) is 0.818. The van der Waals surface area contributed by atoms with Gasteiger partial charge >= 0.3 is 0 Å². The third-order valence-corrected chi connectivity index (χ3v) is 5.94. The first-order chi connectivity index (χ1) is 8.72. The molecule has 7 heteroatoms. The van der Waals surface area contributed by atoms with E-state index in [1.165, 1.54) is 5.75 Å². The monoisotopic (exact) mass is 289 g/mol. The molecule has 2 rings (SSSR count). The van der Waals surface area contributed by atoms with Gasteiger partial charge in [0.1, 0.15) is 0 Å². The number of nitrogens with two attached hydrogens (primary N) is 1. The van der Waals surface area contributed by atoms with Crippen molar-refractivity contribution < 1.29 is 9.26 Å². The van der Waals surface area contributed by atoms with Crippen LogP contribution in [0.5, 0.6) is 0 Å². The highest BCUT2D eigenvalue weighted by molar-refractivity contribution is 8.06. The van der Waals surface area contributed by atoms with E-state index >= 15 is 0 Å². The van der Waals surface area contributed by atoms with Crippen molar-refractivity contribution in [3.05, 3.63) is 11.7 Å². The van der Waals surface area contributed by atoms with Crippen molar-refractivity contribution in [1.82, 2.24) is 10.1 Å². The predicted molar refractivity (Wildman–Crippen MR) is 74.8 cm³/mol. The Bertz CT molecular complexity index is 375. The molecule has 2 N–H and O–H groups in total. The van der Waals surface area contributed by atoms with E-state index in [0.29, 0.717) is 29.4 Å². The largest absolute Gasteiger partial charge is 0.385 e. The van der Waals surface area contributed by atoms with Gasteiger partial charge < -0.3 is 15.0 Å². The molecule has 0 saturated carbocycles. The number of rotatable bonds is 5. The van der Waals surface area contributed by atoms with E-state index in [4.69, 9.17) is 15.0 Å². The lowest BCUT2D eigenvalue weighted by atomic mass is 10.2. The van der Waals surface area contributed by atoms with Gasteiger partial charge in [-0.3, -0.25) is 0 Å². The number of nitrogens with zero attached hydrogens (tertiary/aromatic N) is 2. The van der Waals surface area contributed by atoms with Crippen molar-refractivity contribution in [2.45, 2.75) is 29.9 Å². The summed E-state index contributed by atoms with van der Waals surface area (Å²) < 4.78 is 10.3. The second-order valence-electron chi connectivity index (χ2n) is 4.25. The number of thioether (sulfide) groups is 2. The molecule has 1 aromatic rings. The molecule has 1 aromatic heterocycles. The van der Waals surface area contributed by atoms with Crippen LogP contribution in [-0.2, 0) is 4.74 Å². The Hall–Kier alpha value is -0.240. The van der Waals surface area contributed by atoms with Gasteiger partial charge in [0.15, 0.2) is 5.82 Å². The van der Waals surface area contributed by atoms with E-state index in [0.717, 1.165) is 11.6 Å². The second-order valence-corrected chi connectivity index (χ2v) is 6.98. The maximum absolute atomic E-state index is 5.97. The standard InChI is InChI=1S/C11H19N3O2S2/c1-7-9(18-6-5-17-7)10-13-11(16-14-10)8(12)3-4-15-2/h7-9H,3-6,12H2,1-2H3. The molecule has 0 radical (unpaired) electrons. The van der Waals surface area contributed by atoms with Gasteiger partial charge in [-0.25, -0.2) is 0 Å². The van der Waals surface area contributed by atoms with Crippen molar-refractivity contribution in [2.75, 3.05) is 25.2 Å². The Morgan fingerprint density at radius 2 is 2.28 bits per heavy atom. The van der Waals surface area contributed by atoms with Gasteiger partial charge in [0.05, 0.1) is 11.3 Å². The highest BCUT2D eigenvalue weighted by Gasteiger charge is 2.29. The molecule has 3 atom stereocenters. The molecule has 1 aliphatic rings. The Morgan fingerprint density at radius 3 is 3.00 bits per heavy atom. The van der Waals surface area contributed by atoms with Gasteiger partial charge in [0, 0.05) is 30.5 Å². The maximum Gasteiger partial charge on any atom is 0.243 e. The molecule has 1 saturated heterocycles. The number of aromatic nitrogens is 2. The first-order valence-electron chi connectivity index (χ1n) is 6.03. The Balaban J connectivity index is 2.00. The molecule has 1 aliphatic heterocycles. The van der Waals surface area contributed by atoms with Crippen molar-refractivity contribution in [1.29, 1.82) is 0 Å². The zero-order valence-electron chi connectivity index (χ0n) is 10.7. The van der Waals surface area contributed by atoms with Crippen LogP contribution in [0, 0.1) is 0 Å². The number of methoxy groups -OCH3 is 1. The first kappa shape index (κ1) is 14.2. The lowest BCUT2D eigenvalue weighted by molar-refractivity contribution is 0.182. The van der Waals surface area contributed by atoms with Gasteiger partial charge in [-0.1, -0.05) is 12.1 Å². The summed E-state index contributed by atoms with van der Waals surface area (Å²) >= 11 is 3.85. The highest BCUT2D eigenvalue weighted by atomic mass is 32.2. The first-order valence-corrected chi connectivity index (χ1v) is 8.13. The minimum Gasteiger partial charge on any atom is -0.385 e. The van der Waals surface area contributed by atoms with Crippen LogP contribution in [0.1, 0.15) is 36.4 Å². The van der Waals surface area contributed by atoms with Crippen LogP contribution in [0.4, 0.5) is 0 Å². The lowest BCUT2D eigenvalue weighted by Gasteiger charge is -2.24. The predicted octanol–water partition coefficient (Wildman–Crippen LogP) is 2.02. The van der Waals surface area contributed by atoms with Crippen molar-refractivity contribution in [3.8, 4) is 0 Å². The van der Waals surface area contributed by atoms with E-state index in [1.807, 2.05) is 23.5 Å². The van der Waals surface area contributed by atoms with E-state index < -0.39 is 0 Å². The molecule has 0 spiro atoms. The average Bonchev–Trinajstić information content (AvgIpc) is 2.86. The quantitative estimate of drug-likeness (QED) is 0.888. The van der Waals surface area contributed by atoms with Gasteiger partial charge in [0.2, 0.25) is 5.89 Å². The maximum atomic E-state index is 5.97. The third kappa shape index (κ3) is 3.40. The summed E-state index contributed by atoms with van der Waals surface area (Å²) in [6, 6.07) is -0.234. The summed E-state index contributed by atoms with van der Waals surface area (Å²) in [7, 11) is 1.66. The zero-order valence-corrected chi connectivity index (χ0v) is 12.3. The molecule has 5 nitrogen and oxygen atoms in total. The normalized spacial score (nSPS) is 26.2. The summed E-state index contributed by atoms with van der Waals surface area (Å²) in [5.74, 6) is 3.63. The van der Waals surface area contributed by atoms with Crippen molar-refractivity contribution in [3.63, 3.8) is 0 Å². The second kappa shape index (κ2) is 6.79. The van der Waals surface area contributed by atoms with Crippen LogP contribution in [0.15, 0.2) is 4.52 Å². The summed E-state index contributed by atoms with van der Waals surface area (Å²) in [4.78, 5) is 4.44. The Kier molecular flexibility index (Phi) is 5.35. The van der Waals surface area contributed by atoms with Gasteiger partial charge in [0.25, 0.3) is 0 Å². The van der Waals surface area contributed by atoms with Crippen LogP contribution in [0.2, 0.25) is 0 Å². The van der Waals surface area contributed by atoms with Crippen molar-refractivity contribution >= 4 is 23.5 Å². The SMILES string of the molecule is COCCC(N)c1nc(C2SCCSC2C)no1. The van der Waals surface area contributed by atoms with Crippen LogP contribution in [0.3, 0.4) is 0 Å². The molecular formula is C11H19N3O2S2. The molecule has 0 aromatic carbocycles. The molecule has 102 valence electrons. The van der Waals surface area contributed by atoms with Crippen LogP contribution >= 0.6 is 23.5 Å². The molecule has 0 aliphatic carbocycles. The van der Waals surface area contributed by atoms with Crippen molar-refractivity contribution in [2.24, 2.45) is 5.73 Å². The van der Waals surface area contributed by atoms with E-state index in [-0.39, 0.29) is 6.04 Å². The number of hydrogen-bond donors (Lipinski definition) is 1. The summed E-state index contributed by atoms with van der Waals surface area (Å²) in [5, 5.41) is 4.91. The Morgan fingerprint density at radius 1 is 1.50 bits per heavy atom. The fourth-order valence-corrected chi connectivity index (χ4v) is 4.48. The summed E-state index contributed by atoms with van der Waals surface area (Å²) in [6.45, 7) is 2.81. The van der Waals surface area contributed by atoms with Gasteiger partial charge in [-0.2, -0.15) is 16.7 Å². The minimum atomic E-state index is -0.234. The molecule has 0 amide bonds. The minimum absolute atomic E-state index is 0.234. The fourth-order valence-electron chi connectivity index (χ4n) is 1.80. The van der Waals surface area contributed by atoms with Crippen LogP contribution in [0.25, 0.3) is 0 Å². The molecule has 2 heterocycles. The molecule has 3 unspecified atom stereocenters. The summed E-state index contributed by atoms with van der Waals surface area (Å²) in [5.41, 5.74) is 5.97. The average molecular weight is 289 g/mol. The Labute approximate surface area is 116 Å². The van der Waals surface area contributed by atoms with E-state index in [9.17, 15) is 0 Å². The number of ether oxygens (including phenoxy) is 1. The molecule has 1 fully saturated rings. The topological polar surface area (TPSA) is 74.2 Å². The van der Waals surface area contributed by atoms with Gasteiger partial charge in [-0.15, -0.1) is 11.8 Å². The number of hydrogen-bond acceptors (Lipinski definition) is 7. The summed E-state index contributed by atoms with van der Waals surface area (Å²) in [6.07, 6.45) is 0.695. The van der Waals surface area contributed by atoms with Gasteiger partial charge in [-0.05, 0) is 6.42 Å².